The minimum Gasteiger partial charge on any atom is -0.319 e. The van der Waals surface area contributed by atoms with E-state index in [4.69, 9.17) is 0 Å². The van der Waals surface area contributed by atoms with Crippen LogP contribution in [0.5, 0.6) is 0 Å². The molecule has 0 amide bonds. The average Bonchev–Trinajstić information content (AvgIpc) is 2.95. The molecule has 1 N–H and O–H groups in total. The fraction of sp³-hybridized carbons (Fsp3) is 0.400. The Morgan fingerprint density at radius 2 is 1.76 bits per heavy atom. The zero-order chi connectivity index (χ0) is 14.7. The molecule has 1 heteroatoms. The van der Waals surface area contributed by atoms with Crippen LogP contribution in [-0.2, 0) is 19.3 Å². The molecule has 0 fully saturated rings. The van der Waals surface area contributed by atoms with Gasteiger partial charge in [0.15, 0.2) is 0 Å². The van der Waals surface area contributed by atoms with E-state index in [2.05, 4.69) is 54.7 Å². The van der Waals surface area contributed by atoms with Crippen LogP contribution in [0.25, 0.3) is 0 Å². The van der Waals surface area contributed by atoms with Gasteiger partial charge in [0.1, 0.15) is 0 Å². The summed E-state index contributed by atoms with van der Waals surface area (Å²) in [7, 11) is 2.05. The van der Waals surface area contributed by atoms with E-state index in [1.54, 1.807) is 11.1 Å². The lowest BCUT2D eigenvalue weighted by atomic mass is 9.90. The van der Waals surface area contributed by atoms with E-state index in [9.17, 15) is 0 Å². The molecule has 2 aromatic carbocycles. The summed E-state index contributed by atoms with van der Waals surface area (Å²) in [6, 6.07) is 16.1. The molecule has 1 atom stereocenters. The number of hydrogen-bond acceptors (Lipinski definition) is 1. The van der Waals surface area contributed by atoms with Gasteiger partial charge in [0.2, 0.25) is 0 Å². The average molecular weight is 279 g/mol. The predicted octanol–water partition coefficient (Wildman–Crippen LogP) is 4.03. The second-order valence-electron chi connectivity index (χ2n) is 6.33. The van der Waals surface area contributed by atoms with Gasteiger partial charge in [-0.25, -0.2) is 0 Å². The van der Waals surface area contributed by atoms with Crippen LogP contribution in [0.1, 0.15) is 40.2 Å². The van der Waals surface area contributed by atoms with Crippen LogP contribution < -0.4 is 5.32 Å². The van der Waals surface area contributed by atoms with Crippen molar-refractivity contribution in [3.8, 4) is 0 Å². The lowest BCUT2D eigenvalue weighted by Crippen LogP contribution is -2.19. The summed E-state index contributed by atoms with van der Waals surface area (Å²) in [4.78, 5) is 0. The second-order valence-corrected chi connectivity index (χ2v) is 6.33. The third-order valence-electron chi connectivity index (χ3n) is 4.64. The van der Waals surface area contributed by atoms with Crippen molar-refractivity contribution in [2.45, 2.75) is 38.5 Å². The molecular formula is C20H25N. The van der Waals surface area contributed by atoms with Crippen LogP contribution in [0, 0.1) is 6.92 Å². The van der Waals surface area contributed by atoms with Crippen molar-refractivity contribution < 1.29 is 0 Å². The van der Waals surface area contributed by atoms with Gasteiger partial charge in [-0.1, -0.05) is 48.0 Å². The second kappa shape index (κ2) is 6.44. The molecule has 2 aromatic rings. The Kier molecular flexibility index (Phi) is 4.40. The normalized spacial score (nSPS) is 15.0. The zero-order valence-electron chi connectivity index (χ0n) is 13.2. The Hall–Kier alpha value is -1.60. The van der Waals surface area contributed by atoms with E-state index in [0.29, 0.717) is 5.92 Å². The fourth-order valence-corrected chi connectivity index (χ4v) is 3.43. The maximum atomic E-state index is 3.35. The van der Waals surface area contributed by atoms with Gasteiger partial charge in [-0.3, -0.25) is 0 Å². The molecule has 110 valence electrons. The first-order chi connectivity index (χ1) is 10.3. The number of benzene rings is 2. The molecule has 1 nitrogen and oxygen atoms in total. The van der Waals surface area contributed by atoms with E-state index in [-0.39, 0.29) is 0 Å². The summed E-state index contributed by atoms with van der Waals surface area (Å²) in [6.07, 6.45) is 4.99. The van der Waals surface area contributed by atoms with Gasteiger partial charge < -0.3 is 5.32 Å². The summed E-state index contributed by atoms with van der Waals surface area (Å²) in [5, 5.41) is 3.35. The quantitative estimate of drug-likeness (QED) is 0.871. The molecule has 0 spiro atoms. The van der Waals surface area contributed by atoms with E-state index in [1.807, 2.05) is 7.05 Å². The lowest BCUT2D eigenvalue weighted by Gasteiger charge is -2.18. The van der Waals surface area contributed by atoms with Crippen molar-refractivity contribution in [2.24, 2.45) is 0 Å². The molecule has 1 aliphatic carbocycles. The minimum absolute atomic E-state index is 0.551. The summed E-state index contributed by atoms with van der Waals surface area (Å²) in [5.74, 6) is 0.551. The molecule has 0 heterocycles. The molecular weight excluding hydrogens is 254 g/mol. The summed E-state index contributed by atoms with van der Waals surface area (Å²) >= 11 is 0. The van der Waals surface area contributed by atoms with Crippen LogP contribution >= 0.6 is 0 Å². The van der Waals surface area contributed by atoms with Crippen LogP contribution in [-0.4, -0.2) is 13.6 Å². The van der Waals surface area contributed by atoms with Gasteiger partial charge in [0.05, 0.1) is 0 Å². The van der Waals surface area contributed by atoms with Crippen molar-refractivity contribution in [3.63, 3.8) is 0 Å². The van der Waals surface area contributed by atoms with Gasteiger partial charge >= 0.3 is 0 Å². The highest BCUT2D eigenvalue weighted by Gasteiger charge is 2.15. The maximum absolute atomic E-state index is 3.35. The third kappa shape index (κ3) is 3.36. The first-order valence-corrected chi connectivity index (χ1v) is 8.08. The first kappa shape index (κ1) is 14.3. The van der Waals surface area contributed by atoms with E-state index in [0.717, 1.165) is 13.0 Å². The summed E-state index contributed by atoms with van der Waals surface area (Å²) in [6.45, 7) is 3.18. The molecule has 0 saturated heterocycles. The van der Waals surface area contributed by atoms with E-state index < -0.39 is 0 Å². The van der Waals surface area contributed by atoms with Gasteiger partial charge in [-0.2, -0.15) is 0 Å². The van der Waals surface area contributed by atoms with Crippen molar-refractivity contribution in [1.82, 2.24) is 5.32 Å². The Labute approximate surface area is 128 Å². The van der Waals surface area contributed by atoms with Crippen molar-refractivity contribution in [2.75, 3.05) is 13.6 Å². The number of fused-ring (bicyclic) bond motifs is 1. The standard InChI is InChI=1S/C20H25N/c1-15-6-9-18(10-7-15)20(14-21-2)13-16-8-11-17-4-3-5-19(17)12-16/h6-12,20-21H,3-5,13-14H2,1-2H3. The number of aryl methyl sites for hydroxylation is 3. The Morgan fingerprint density at radius 1 is 1.00 bits per heavy atom. The summed E-state index contributed by atoms with van der Waals surface area (Å²) in [5.41, 5.74) is 7.41. The van der Waals surface area contributed by atoms with Gasteiger partial charge in [0, 0.05) is 12.5 Å². The minimum atomic E-state index is 0.551. The van der Waals surface area contributed by atoms with Crippen LogP contribution in [0.15, 0.2) is 42.5 Å². The van der Waals surface area contributed by atoms with Crippen LogP contribution in [0.4, 0.5) is 0 Å². The largest absolute Gasteiger partial charge is 0.319 e. The Bertz CT molecular complexity index is 598. The Balaban J connectivity index is 1.80. The number of hydrogen-bond donors (Lipinski definition) is 1. The predicted molar refractivity (Wildman–Crippen MR) is 90.0 cm³/mol. The highest BCUT2D eigenvalue weighted by atomic mass is 14.8. The van der Waals surface area contributed by atoms with E-state index >= 15 is 0 Å². The molecule has 0 radical (unpaired) electrons. The fourth-order valence-electron chi connectivity index (χ4n) is 3.43. The topological polar surface area (TPSA) is 12.0 Å². The first-order valence-electron chi connectivity index (χ1n) is 8.08. The SMILES string of the molecule is CNCC(Cc1ccc2c(c1)CCC2)c1ccc(C)cc1. The van der Waals surface area contributed by atoms with E-state index in [1.165, 1.54) is 36.0 Å². The molecule has 0 saturated carbocycles. The van der Waals surface area contributed by atoms with Gasteiger partial charge in [0.25, 0.3) is 0 Å². The molecule has 3 rings (SSSR count). The Morgan fingerprint density at radius 3 is 2.52 bits per heavy atom. The summed E-state index contributed by atoms with van der Waals surface area (Å²) < 4.78 is 0. The van der Waals surface area contributed by atoms with Crippen molar-refractivity contribution in [3.05, 3.63) is 70.3 Å². The van der Waals surface area contributed by atoms with Crippen molar-refractivity contribution >= 4 is 0 Å². The lowest BCUT2D eigenvalue weighted by molar-refractivity contribution is 0.625. The molecule has 0 aromatic heterocycles. The van der Waals surface area contributed by atoms with Crippen LogP contribution in [0.3, 0.4) is 0 Å². The number of likely N-dealkylation sites (N-methyl/N-ethyl adjacent to an activating group) is 1. The molecule has 0 aliphatic heterocycles. The van der Waals surface area contributed by atoms with Gasteiger partial charge in [-0.15, -0.1) is 0 Å². The smallest absolute Gasteiger partial charge is 0.00203 e. The van der Waals surface area contributed by atoms with Crippen molar-refractivity contribution in [1.29, 1.82) is 0 Å². The van der Waals surface area contributed by atoms with Crippen LogP contribution in [0.2, 0.25) is 0 Å². The molecule has 21 heavy (non-hydrogen) atoms. The number of rotatable bonds is 5. The third-order valence-corrected chi connectivity index (χ3v) is 4.64. The number of nitrogens with one attached hydrogen (secondary N) is 1. The monoisotopic (exact) mass is 279 g/mol. The molecule has 1 unspecified atom stereocenters. The highest BCUT2D eigenvalue weighted by molar-refractivity contribution is 5.36. The molecule has 0 bridgehead atoms. The zero-order valence-corrected chi connectivity index (χ0v) is 13.2. The highest BCUT2D eigenvalue weighted by Crippen LogP contribution is 2.26. The maximum Gasteiger partial charge on any atom is 0.00203 e. The van der Waals surface area contributed by atoms with Gasteiger partial charge in [-0.05, 0) is 61.9 Å². The molecule has 1 aliphatic rings.